The van der Waals surface area contributed by atoms with E-state index in [0.717, 1.165) is 33.4 Å². The maximum absolute atomic E-state index is 13.2. The molecule has 0 atom stereocenters. The fourth-order valence-electron chi connectivity index (χ4n) is 4.30. The summed E-state index contributed by atoms with van der Waals surface area (Å²) in [4.78, 5) is 21.8. The number of nitrogens with zero attached hydrogens (tertiary/aromatic N) is 3. The molecule has 6 nitrogen and oxygen atoms in total. The second-order valence-electron chi connectivity index (χ2n) is 7.92. The average molecular weight is 422 g/mol. The lowest BCUT2D eigenvalue weighted by atomic mass is 10.1. The van der Waals surface area contributed by atoms with E-state index in [1.807, 2.05) is 58.3 Å². The lowest BCUT2D eigenvalue weighted by Crippen LogP contribution is -2.41. The molecule has 154 valence electrons. The molecule has 7 heteroatoms. The van der Waals surface area contributed by atoms with Crippen LogP contribution in [0.3, 0.4) is 0 Å². The highest BCUT2D eigenvalue weighted by molar-refractivity contribution is 7.91. The second kappa shape index (κ2) is 7.40. The van der Waals surface area contributed by atoms with Gasteiger partial charge in [-0.2, -0.15) is 0 Å². The molecular weight excluding hydrogens is 398 g/mol. The highest BCUT2D eigenvalue weighted by Crippen LogP contribution is 2.32. The van der Waals surface area contributed by atoms with Crippen molar-refractivity contribution in [3.63, 3.8) is 0 Å². The van der Waals surface area contributed by atoms with Gasteiger partial charge in [-0.25, -0.2) is 8.42 Å². The number of carbonyl (C=O) groups is 1. The monoisotopic (exact) mass is 421 g/mol. The first-order chi connectivity index (χ1) is 14.5. The maximum atomic E-state index is 13.2. The zero-order valence-corrected chi connectivity index (χ0v) is 17.4. The number of anilines is 1. The molecule has 5 rings (SSSR count). The Labute approximate surface area is 176 Å². The molecule has 3 aromatic rings. The number of hydrogen-bond donors (Lipinski definition) is 0. The molecule has 1 fully saturated rings. The van der Waals surface area contributed by atoms with Gasteiger partial charge in [0.25, 0.3) is 5.91 Å². The Bertz CT molecular complexity index is 1230. The smallest absolute Gasteiger partial charge is 0.256 e. The van der Waals surface area contributed by atoms with E-state index >= 15 is 0 Å². The molecule has 2 aliphatic heterocycles. The first-order valence-electron chi connectivity index (χ1n) is 10.2. The van der Waals surface area contributed by atoms with Crippen molar-refractivity contribution in [1.82, 2.24) is 9.88 Å². The third-order valence-corrected chi connectivity index (χ3v) is 7.58. The number of para-hydroxylation sites is 1. The summed E-state index contributed by atoms with van der Waals surface area (Å²) in [6.45, 7) is 2.06. The van der Waals surface area contributed by atoms with Crippen LogP contribution in [0.2, 0.25) is 0 Å². The van der Waals surface area contributed by atoms with E-state index < -0.39 is 9.84 Å². The average Bonchev–Trinajstić information content (AvgIpc) is 3.08. The summed E-state index contributed by atoms with van der Waals surface area (Å²) in [6.07, 6.45) is 0.696. The van der Waals surface area contributed by atoms with Gasteiger partial charge in [0.2, 0.25) is 0 Å². The van der Waals surface area contributed by atoms with E-state index in [1.165, 1.54) is 0 Å². The van der Waals surface area contributed by atoms with Crippen molar-refractivity contribution in [2.24, 2.45) is 0 Å². The topological polar surface area (TPSA) is 70.6 Å². The molecule has 1 aromatic heterocycles. The van der Waals surface area contributed by atoms with Gasteiger partial charge in [0.15, 0.2) is 9.84 Å². The number of benzene rings is 2. The Balaban J connectivity index is 1.32. The number of fused-ring (bicyclic) bond motifs is 2. The van der Waals surface area contributed by atoms with Crippen molar-refractivity contribution >= 4 is 32.3 Å². The Kier molecular flexibility index (Phi) is 4.70. The minimum absolute atomic E-state index is 0.0230. The van der Waals surface area contributed by atoms with Crippen molar-refractivity contribution in [2.75, 3.05) is 36.0 Å². The van der Waals surface area contributed by atoms with Gasteiger partial charge in [0.05, 0.1) is 22.6 Å². The Hall–Kier alpha value is -2.93. The first kappa shape index (κ1) is 19.1. The van der Waals surface area contributed by atoms with Crippen LogP contribution < -0.4 is 4.90 Å². The normalized spacial score (nSPS) is 18.1. The summed E-state index contributed by atoms with van der Waals surface area (Å²) in [5.74, 6) is 0.305. The van der Waals surface area contributed by atoms with E-state index in [-0.39, 0.29) is 17.4 Å². The molecule has 2 aliphatic rings. The molecular formula is C23H23N3O3S. The van der Waals surface area contributed by atoms with Crippen molar-refractivity contribution in [3.05, 3.63) is 71.4 Å². The van der Waals surface area contributed by atoms with Gasteiger partial charge in [-0.1, -0.05) is 36.4 Å². The Morgan fingerprint density at radius 3 is 2.57 bits per heavy atom. The summed E-state index contributed by atoms with van der Waals surface area (Å²) in [5.41, 5.74) is 4.53. The third kappa shape index (κ3) is 3.54. The lowest BCUT2D eigenvalue weighted by Gasteiger charge is -2.30. The van der Waals surface area contributed by atoms with Gasteiger partial charge in [-0.3, -0.25) is 9.78 Å². The molecule has 30 heavy (non-hydrogen) atoms. The molecule has 0 N–H and O–H groups in total. The van der Waals surface area contributed by atoms with Crippen LogP contribution in [0, 0.1) is 0 Å². The van der Waals surface area contributed by atoms with Crippen LogP contribution in [0.25, 0.3) is 10.9 Å². The second-order valence-corrected chi connectivity index (χ2v) is 10.2. The van der Waals surface area contributed by atoms with Gasteiger partial charge in [0.1, 0.15) is 0 Å². The third-order valence-electron chi connectivity index (χ3n) is 5.97. The standard InChI is InChI=1S/C23H23N3O3S/c27-23-22-18(5-3-7-21(22)25-12-14-30(28,29)15-13-25)16-26(23)11-10-19-9-8-17-4-1-2-6-20(17)24-19/h1-9H,10-16H2. The lowest BCUT2D eigenvalue weighted by molar-refractivity contribution is 0.0780. The van der Waals surface area contributed by atoms with Gasteiger partial charge >= 0.3 is 0 Å². The molecule has 1 amide bonds. The van der Waals surface area contributed by atoms with Crippen LogP contribution >= 0.6 is 0 Å². The maximum Gasteiger partial charge on any atom is 0.256 e. The fourth-order valence-corrected chi connectivity index (χ4v) is 5.50. The van der Waals surface area contributed by atoms with Crippen molar-refractivity contribution in [2.45, 2.75) is 13.0 Å². The number of hydrogen-bond acceptors (Lipinski definition) is 5. The molecule has 0 bridgehead atoms. The predicted molar refractivity (Wildman–Crippen MR) is 117 cm³/mol. The van der Waals surface area contributed by atoms with Gasteiger partial charge in [-0.05, 0) is 23.8 Å². The highest BCUT2D eigenvalue weighted by Gasteiger charge is 2.32. The van der Waals surface area contributed by atoms with Crippen molar-refractivity contribution < 1.29 is 13.2 Å². The zero-order valence-electron chi connectivity index (χ0n) is 16.6. The number of sulfone groups is 1. The summed E-state index contributed by atoms with van der Waals surface area (Å²) in [7, 11) is -2.96. The Morgan fingerprint density at radius 1 is 0.933 bits per heavy atom. The van der Waals surface area contributed by atoms with Crippen LogP contribution in [0.5, 0.6) is 0 Å². The molecule has 0 aliphatic carbocycles. The zero-order chi connectivity index (χ0) is 20.7. The summed E-state index contributed by atoms with van der Waals surface area (Å²) in [6, 6.07) is 18.0. The first-order valence-corrected chi connectivity index (χ1v) is 12.0. The van der Waals surface area contributed by atoms with Crippen LogP contribution in [0.1, 0.15) is 21.6 Å². The number of pyridine rings is 1. The van der Waals surface area contributed by atoms with Crippen LogP contribution in [-0.4, -0.2) is 55.3 Å². The molecule has 0 saturated carbocycles. The molecule has 0 unspecified atom stereocenters. The number of carbonyl (C=O) groups excluding carboxylic acids is 1. The molecule has 1 saturated heterocycles. The van der Waals surface area contributed by atoms with Crippen LogP contribution in [0.4, 0.5) is 5.69 Å². The minimum Gasteiger partial charge on any atom is -0.369 e. The van der Waals surface area contributed by atoms with E-state index in [0.29, 0.717) is 32.6 Å². The molecule has 0 spiro atoms. The van der Waals surface area contributed by atoms with E-state index in [1.54, 1.807) is 0 Å². The van der Waals surface area contributed by atoms with Crippen LogP contribution in [-0.2, 0) is 22.8 Å². The van der Waals surface area contributed by atoms with Gasteiger partial charge < -0.3 is 9.80 Å². The number of rotatable bonds is 4. The number of amides is 1. The van der Waals surface area contributed by atoms with Crippen molar-refractivity contribution in [1.29, 1.82) is 0 Å². The van der Waals surface area contributed by atoms with Crippen LogP contribution in [0.15, 0.2) is 54.6 Å². The fraction of sp³-hybridized carbons (Fsp3) is 0.304. The Morgan fingerprint density at radius 2 is 1.73 bits per heavy atom. The summed E-state index contributed by atoms with van der Waals surface area (Å²) < 4.78 is 23.5. The quantitative estimate of drug-likeness (QED) is 0.648. The SMILES string of the molecule is O=C1c2c(cccc2N2CCS(=O)(=O)CC2)CN1CCc1ccc2ccccc2n1. The largest absolute Gasteiger partial charge is 0.369 e. The van der Waals surface area contributed by atoms with Gasteiger partial charge in [-0.15, -0.1) is 0 Å². The highest BCUT2D eigenvalue weighted by atomic mass is 32.2. The minimum atomic E-state index is -2.96. The number of aromatic nitrogens is 1. The summed E-state index contributed by atoms with van der Waals surface area (Å²) in [5, 5.41) is 1.11. The predicted octanol–water partition coefficient (Wildman–Crippen LogP) is 2.67. The van der Waals surface area contributed by atoms with E-state index in [9.17, 15) is 13.2 Å². The molecule has 2 aromatic carbocycles. The van der Waals surface area contributed by atoms with E-state index in [4.69, 9.17) is 4.98 Å². The van der Waals surface area contributed by atoms with Crippen molar-refractivity contribution in [3.8, 4) is 0 Å². The molecule has 3 heterocycles. The van der Waals surface area contributed by atoms with Gasteiger partial charge in [0, 0.05) is 49.4 Å². The van der Waals surface area contributed by atoms with E-state index in [2.05, 4.69) is 6.07 Å². The summed E-state index contributed by atoms with van der Waals surface area (Å²) >= 11 is 0. The molecule has 0 radical (unpaired) electrons.